The Morgan fingerprint density at radius 2 is 2.00 bits per heavy atom. The van der Waals surface area contributed by atoms with Gasteiger partial charge in [-0.2, -0.15) is 0 Å². The maximum Gasteiger partial charge on any atom is 0.306 e. The molecule has 0 radical (unpaired) electrons. The maximum atomic E-state index is 11.5. The highest BCUT2D eigenvalue weighted by atomic mass is 32.2. The number of nitrogens with one attached hydrogen (secondary N) is 1. The second-order valence-corrected chi connectivity index (χ2v) is 6.02. The summed E-state index contributed by atoms with van der Waals surface area (Å²) in [5.74, 6) is -0.940. The van der Waals surface area contributed by atoms with E-state index in [-0.39, 0.29) is 17.2 Å². The van der Waals surface area contributed by atoms with E-state index in [1.165, 1.54) is 7.11 Å². The number of methoxy groups -OCH3 is 1. The molecule has 3 N–H and O–H groups in total. The Morgan fingerprint density at radius 1 is 1.50 bits per heavy atom. The average Bonchev–Trinajstić information content (AvgIpc) is 2.12. The Kier molecular flexibility index (Phi) is 5.30. The van der Waals surface area contributed by atoms with Crippen LogP contribution in [0.15, 0.2) is 0 Å². The first-order chi connectivity index (χ1) is 7.10. The lowest BCUT2D eigenvalue weighted by Gasteiger charge is -2.24. The monoisotopic (exact) mass is 268 g/mol. The lowest BCUT2D eigenvalue weighted by Crippen LogP contribution is -2.52. The van der Waals surface area contributed by atoms with Crippen LogP contribution in [0.4, 0.5) is 0 Å². The normalized spacial score (nSPS) is 12.2. The standard InChI is InChI=1S/C8H16N2O4S2/c1-8(2,7(9)15)10-16(12,13)5-4-6(11)14-3/h10H,4-5H2,1-3H3,(H2,9,15). The van der Waals surface area contributed by atoms with Crippen molar-refractivity contribution in [2.45, 2.75) is 25.8 Å². The van der Waals surface area contributed by atoms with Gasteiger partial charge in [0.25, 0.3) is 0 Å². The quantitative estimate of drug-likeness (QED) is 0.499. The summed E-state index contributed by atoms with van der Waals surface area (Å²) in [4.78, 5) is 10.8. The molecule has 0 rings (SSSR count). The highest BCUT2D eigenvalue weighted by Crippen LogP contribution is 2.06. The summed E-state index contributed by atoms with van der Waals surface area (Å²) in [6, 6.07) is 0. The van der Waals surface area contributed by atoms with Gasteiger partial charge in [-0.3, -0.25) is 4.79 Å². The fraction of sp³-hybridized carbons (Fsp3) is 0.750. The lowest BCUT2D eigenvalue weighted by atomic mass is 10.1. The van der Waals surface area contributed by atoms with E-state index in [9.17, 15) is 13.2 Å². The molecular formula is C8H16N2O4S2. The van der Waals surface area contributed by atoms with Crippen LogP contribution in [-0.2, 0) is 19.6 Å². The van der Waals surface area contributed by atoms with Crippen molar-refractivity contribution in [1.29, 1.82) is 0 Å². The number of hydrogen-bond acceptors (Lipinski definition) is 5. The van der Waals surface area contributed by atoms with E-state index in [2.05, 4.69) is 9.46 Å². The largest absolute Gasteiger partial charge is 0.469 e. The SMILES string of the molecule is COC(=O)CCS(=O)(=O)NC(C)(C)C(N)=S. The minimum atomic E-state index is -3.61. The lowest BCUT2D eigenvalue weighted by molar-refractivity contribution is -0.140. The number of esters is 1. The molecule has 0 fully saturated rings. The molecule has 0 saturated heterocycles. The van der Waals surface area contributed by atoms with Crippen molar-refractivity contribution in [3.63, 3.8) is 0 Å². The van der Waals surface area contributed by atoms with E-state index in [0.717, 1.165) is 0 Å². The van der Waals surface area contributed by atoms with Crippen LogP contribution in [0.25, 0.3) is 0 Å². The Bertz CT molecular complexity index is 375. The van der Waals surface area contributed by atoms with Gasteiger partial charge in [-0.1, -0.05) is 12.2 Å². The predicted molar refractivity (Wildman–Crippen MR) is 64.4 cm³/mol. The van der Waals surface area contributed by atoms with E-state index < -0.39 is 21.5 Å². The van der Waals surface area contributed by atoms with Crippen LogP contribution in [0.3, 0.4) is 0 Å². The number of ether oxygens (including phenoxy) is 1. The van der Waals surface area contributed by atoms with Gasteiger partial charge in [-0.15, -0.1) is 0 Å². The van der Waals surface area contributed by atoms with Gasteiger partial charge in [0.15, 0.2) is 0 Å². The Morgan fingerprint density at radius 3 is 2.38 bits per heavy atom. The van der Waals surface area contributed by atoms with Crippen molar-refractivity contribution in [1.82, 2.24) is 4.72 Å². The molecule has 0 aromatic carbocycles. The minimum absolute atomic E-state index is 0.0362. The van der Waals surface area contributed by atoms with Gasteiger partial charge in [-0.05, 0) is 13.8 Å². The number of carbonyl (C=O) groups excluding carboxylic acids is 1. The molecule has 0 heterocycles. The second kappa shape index (κ2) is 5.55. The van der Waals surface area contributed by atoms with Gasteiger partial charge in [0.1, 0.15) is 0 Å². The molecular weight excluding hydrogens is 252 g/mol. The molecule has 16 heavy (non-hydrogen) atoms. The zero-order chi connectivity index (χ0) is 13.0. The summed E-state index contributed by atoms with van der Waals surface area (Å²) >= 11 is 4.72. The number of carbonyl (C=O) groups is 1. The van der Waals surface area contributed by atoms with Crippen LogP contribution in [-0.4, -0.2) is 37.8 Å². The van der Waals surface area contributed by atoms with Crippen LogP contribution in [0.1, 0.15) is 20.3 Å². The smallest absolute Gasteiger partial charge is 0.306 e. The van der Waals surface area contributed by atoms with Crippen molar-refractivity contribution in [3.8, 4) is 0 Å². The third-order valence-electron chi connectivity index (χ3n) is 1.83. The predicted octanol–water partition coefficient (Wildman–Crippen LogP) is -0.466. The number of hydrogen-bond donors (Lipinski definition) is 2. The van der Waals surface area contributed by atoms with Crippen LogP contribution < -0.4 is 10.5 Å². The van der Waals surface area contributed by atoms with Gasteiger partial charge < -0.3 is 10.5 Å². The highest BCUT2D eigenvalue weighted by molar-refractivity contribution is 7.89. The minimum Gasteiger partial charge on any atom is -0.469 e. The van der Waals surface area contributed by atoms with E-state index in [0.29, 0.717) is 0 Å². The third-order valence-corrected chi connectivity index (χ3v) is 3.90. The third kappa shape index (κ3) is 5.38. The first-order valence-corrected chi connectivity index (χ1v) is 6.55. The molecule has 0 unspecified atom stereocenters. The van der Waals surface area contributed by atoms with Crippen LogP contribution >= 0.6 is 12.2 Å². The molecule has 0 spiro atoms. The number of thiocarbonyl (C=S) groups is 1. The molecule has 0 aliphatic rings. The van der Waals surface area contributed by atoms with Crippen molar-refractivity contribution in [3.05, 3.63) is 0 Å². The molecule has 0 atom stereocenters. The zero-order valence-electron chi connectivity index (χ0n) is 9.44. The summed E-state index contributed by atoms with van der Waals surface area (Å²) in [6.45, 7) is 3.09. The zero-order valence-corrected chi connectivity index (χ0v) is 11.1. The summed E-state index contributed by atoms with van der Waals surface area (Å²) in [6.07, 6.45) is -0.209. The fourth-order valence-electron chi connectivity index (χ4n) is 0.810. The molecule has 0 aromatic heterocycles. The van der Waals surface area contributed by atoms with Gasteiger partial charge in [0.05, 0.1) is 29.8 Å². The van der Waals surface area contributed by atoms with Crippen LogP contribution in [0.2, 0.25) is 0 Å². The van der Waals surface area contributed by atoms with Crippen molar-refractivity contribution < 1.29 is 17.9 Å². The molecule has 8 heteroatoms. The summed E-state index contributed by atoms with van der Waals surface area (Å²) in [5.41, 5.74) is 4.36. The Balaban J connectivity index is 4.48. The van der Waals surface area contributed by atoms with Crippen molar-refractivity contribution >= 4 is 33.2 Å². The average molecular weight is 268 g/mol. The summed E-state index contributed by atoms with van der Waals surface area (Å²) in [7, 11) is -2.41. The highest BCUT2D eigenvalue weighted by Gasteiger charge is 2.27. The summed E-state index contributed by atoms with van der Waals surface area (Å²) < 4.78 is 29.7. The first-order valence-electron chi connectivity index (χ1n) is 4.49. The van der Waals surface area contributed by atoms with Gasteiger partial charge >= 0.3 is 5.97 Å². The van der Waals surface area contributed by atoms with Crippen molar-refractivity contribution in [2.24, 2.45) is 5.73 Å². The maximum absolute atomic E-state index is 11.5. The number of sulfonamides is 1. The Hall–Kier alpha value is -0.730. The molecule has 0 aliphatic carbocycles. The van der Waals surface area contributed by atoms with E-state index in [1.54, 1.807) is 13.8 Å². The van der Waals surface area contributed by atoms with E-state index in [4.69, 9.17) is 18.0 Å². The van der Waals surface area contributed by atoms with E-state index in [1.807, 2.05) is 0 Å². The topological polar surface area (TPSA) is 98.5 Å². The Labute approximate surface area is 101 Å². The van der Waals surface area contributed by atoms with E-state index >= 15 is 0 Å². The van der Waals surface area contributed by atoms with Crippen LogP contribution in [0.5, 0.6) is 0 Å². The number of rotatable bonds is 6. The molecule has 0 saturated carbocycles. The van der Waals surface area contributed by atoms with Gasteiger partial charge in [0, 0.05) is 0 Å². The molecule has 6 nitrogen and oxygen atoms in total. The fourth-order valence-corrected chi connectivity index (χ4v) is 2.35. The van der Waals surface area contributed by atoms with Gasteiger partial charge in [-0.25, -0.2) is 13.1 Å². The molecule has 0 aliphatic heterocycles. The van der Waals surface area contributed by atoms with Gasteiger partial charge in [0.2, 0.25) is 10.0 Å². The molecule has 0 bridgehead atoms. The molecule has 0 amide bonds. The first kappa shape index (κ1) is 15.3. The van der Waals surface area contributed by atoms with Crippen LogP contribution in [0, 0.1) is 0 Å². The molecule has 0 aromatic rings. The molecule has 94 valence electrons. The second-order valence-electron chi connectivity index (χ2n) is 3.74. The van der Waals surface area contributed by atoms with Crippen molar-refractivity contribution in [2.75, 3.05) is 12.9 Å². The summed E-state index contributed by atoms with van der Waals surface area (Å²) in [5, 5.41) is 0. The number of nitrogens with two attached hydrogens (primary N) is 1.